The molecule has 0 radical (unpaired) electrons. The maximum atomic E-state index is 13.7. The summed E-state index contributed by atoms with van der Waals surface area (Å²) in [6, 6.07) is 7.76. The molecule has 0 amide bonds. The van der Waals surface area contributed by atoms with Crippen LogP contribution in [0.3, 0.4) is 0 Å². The molecule has 0 bridgehead atoms. The molecule has 0 saturated carbocycles. The molecule has 19 heavy (non-hydrogen) atoms. The third kappa shape index (κ3) is 3.17. The maximum absolute atomic E-state index is 13.7. The Hall–Kier alpha value is -1.75. The van der Waals surface area contributed by atoms with Crippen LogP contribution >= 0.6 is 15.9 Å². The van der Waals surface area contributed by atoms with Gasteiger partial charge in [-0.3, -0.25) is 4.79 Å². The zero-order valence-corrected chi connectivity index (χ0v) is 11.5. The van der Waals surface area contributed by atoms with Gasteiger partial charge in [0.05, 0.1) is 4.47 Å². The third-order valence-electron chi connectivity index (χ3n) is 2.45. The van der Waals surface area contributed by atoms with Gasteiger partial charge >= 0.3 is 0 Å². The van der Waals surface area contributed by atoms with E-state index in [1.165, 1.54) is 37.3 Å². The van der Waals surface area contributed by atoms with Crippen molar-refractivity contribution in [3.05, 3.63) is 58.1 Å². The monoisotopic (exact) mass is 326 g/mol. The van der Waals surface area contributed by atoms with E-state index < -0.39 is 11.6 Å². The fraction of sp³-hybridized carbons (Fsp3) is 0.0714. The summed E-state index contributed by atoms with van der Waals surface area (Å²) in [7, 11) is 0. The van der Waals surface area contributed by atoms with E-state index in [9.17, 15) is 13.6 Å². The Kier molecular flexibility index (Phi) is 3.95. The maximum Gasteiger partial charge on any atom is 0.166 e. The topological polar surface area (TPSA) is 26.3 Å². The molecular weight excluding hydrogens is 318 g/mol. The second kappa shape index (κ2) is 5.48. The Morgan fingerprint density at radius 3 is 2.37 bits per heavy atom. The number of carbonyl (C=O) groups is 1. The summed E-state index contributed by atoms with van der Waals surface area (Å²) in [6.07, 6.45) is 0. The lowest BCUT2D eigenvalue weighted by Gasteiger charge is -2.09. The first-order valence-corrected chi connectivity index (χ1v) is 6.20. The van der Waals surface area contributed by atoms with Gasteiger partial charge in [-0.2, -0.15) is 0 Å². The van der Waals surface area contributed by atoms with Crippen molar-refractivity contribution in [1.82, 2.24) is 0 Å². The van der Waals surface area contributed by atoms with Crippen molar-refractivity contribution in [2.24, 2.45) is 0 Å². The smallest absolute Gasteiger partial charge is 0.166 e. The van der Waals surface area contributed by atoms with Crippen molar-refractivity contribution in [3.63, 3.8) is 0 Å². The number of carbonyl (C=O) groups excluding carboxylic acids is 1. The van der Waals surface area contributed by atoms with Gasteiger partial charge in [-0.05, 0) is 59.3 Å². The van der Waals surface area contributed by atoms with Crippen LogP contribution in [-0.2, 0) is 0 Å². The summed E-state index contributed by atoms with van der Waals surface area (Å²) in [5, 5.41) is 0. The van der Waals surface area contributed by atoms with E-state index in [4.69, 9.17) is 4.74 Å². The quantitative estimate of drug-likeness (QED) is 0.763. The molecule has 0 fully saturated rings. The van der Waals surface area contributed by atoms with Gasteiger partial charge in [0.2, 0.25) is 0 Å². The van der Waals surface area contributed by atoms with Crippen molar-refractivity contribution in [2.45, 2.75) is 6.92 Å². The molecule has 0 aliphatic rings. The molecule has 0 spiro atoms. The Labute approximate surface area is 117 Å². The lowest BCUT2D eigenvalue weighted by Crippen LogP contribution is -1.95. The minimum atomic E-state index is -0.649. The van der Waals surface area contributed by atoms with E-state index in [1.54, 1.807) is 0 Å². The van der Waals surface area contributed by atoms with Crippen LogP contribution in [0.15, 0.2) is 40.9 Å². The molecule has 0 N–H and O–H groups in total. The van der Waals surface area contributed by atoms with Gasteiger partial charge in [0.25, 0.3) is 0 Å². The first-order valence-electron chi connectivity index (χ1n) is 5.41. The Balaban J connectivity index is 2.31. The van der Waals surface area contributed by atoms with E-state index >= 15 is 0 Å². The number of ketones is 1. The van der Waals surface area contributed by atoms with Crippen molar-refractivity contribution in [3.8, 4) is 11.5 Å². The van der Waals surface area contributed by atoms with Gasteiger partial charge in [-0.15, -0.1) is 0 Å². The highest BCUT2D eigenvalue weighted by atomic mass is 79.9. The molecule has 5 heteroatoms. The Morgan fingerprint density at radius 1 is 1.11 bits per heavy atom. The first-order chi connectivity index (χ1) is 8.97. The molecule has 2 nitrogen and oxygen atoms in total. The molecule has 0 unspecified atom stereocenters. The molecule has 0 heterocycles. The average molecular weight is 327 g/mol. The molecule has 0 aliphatic heterocycles. The molecule has 0 aromatic heterocycles. The van der Waals surface area contributed by atoms with E-state index in [0.29, 0.717) is 4.47 Å². The minimum absolute atomic E-state index is 0.0303. The zero-order chi connectivity index (χ0) is 14.0. The van der Waals surface area contributed by atoms with Crippen LogP contribution in [-0.4, -0.2) is 5.78 Å². The van der Waals surface area contributed by atoms with Crippen LogP contribution < -0.4 is 4.74 Å². The van der Waals surface area contributed by atoms with E-state index in [-0.39, 0.29) is 22.8 Å². The Bertz CT molecular complexity index is 641. The summed E-state index contributed by atoms with van der Waals surface area (Å²) < 4.78 is 32.4. The van der Waals surface area contributed by atoms with Crippen molar-refractivity contribution < 1.29 is 18.3 Å². The second-order valence-electron chi connectivity index (χ2n) is 3.88. The molecule has 2 aromatic carbocycles. The minimum Gasteiger partial charge on any atom is -0.453 e. The van der Waals surface area contributed by atoms with E-state index in [2.05, 4.69) is 15.9 Å². The van der Waals surface area contributed by atoms with Crippen LogP contribution in [0.5, 0.6) is 11.5 Å². The van der Waals surface area contributed by atoms with Gasteiger partial charge in [-0.25, -0.2) is 8.78 Å². The lowest BCUT2D eigenvalue weighted by atomic mass is 10.1. The highest BCUT2D eigenvalue weighted by Crippen LogP contribution is 2.31. The number of hydrogen-bond acceptors (Lipinski definition) is 2. The highest BCUT2D eigenvalue weighted by Gasteiger charge is 2.10. The predicted molar refractivity (Wildman–Crippen MR) is 70.6 cm³/mol. The third-order valence-corrected chi connectivity index (χ3v) is 3.07. The van der Waals surface area contributed by atoms with Crippen LogP contribution in [0.1, 0.15) is 17.3 Å². The summed E-state index contributed by atoms with van der Waals surface area (Å²) in [4.78, 5) is 11.1. The number of benzene rings is 2. The van der Waals surface area contributed by atoms with E-state index in [0.717, 1.165) is 6.07 Å². The number of hydrogen-bond donors (Lipinski definition) is 0. The molecule has 2 rings (SSSR count). The second-order valence-corrected chi connectivity index (χ2v) is 4.73. The summed E-state index contributed by atoms with van der Waals surface area (Å²) in [5.74, 6) is -1.04. The van der Waals surface area contributed by atoms with Crippen molar-refractivity contribution >= 4 is 21.7 Å². The van der Waals surface area contributed by atoms with E-state index in [1.807, 2.05) is 0 Å². The largest absolute Gasteiger partial charge is 0.453 e. The summed E-state index contributed by atoms with van der Waals surface area (Å²) in [5.41, 5.74) is 0.267. The normalized spacial score (nSPS) is 10.3. The lowest BCUT2D eigenvalue weighted by molar-refractivity contribution is 0.101. The van der Waals surface area contributed by atoms with Crippen LogP contribution in [0.2, 0.25) is 0 Å². The summed E-state index contributed by atoms with van der Waals surface area (Å²) >= 11 is 3.13. The molecule has 0 aliphatic carbocycles. The molecular formula is C14H9BrF2O2. The molecule has 2 aromatic rings. The molecule has 98 valence electrons. The SMILES string of the molecule is CC(=O)c1ccc(Oc2ccc(F)cc2Br)c(F)c1. The highest BCUT2D eigenvalue weighted by molar-refractivity contribution is 9.10. The summed E-state index contributed by atoms with van der Waals surface area (Å²) in [6.45, 7) is 1.35. The average Bonchev–Trinajstić information content (AvgIpc) is 2.34. The first kappa shape index (κ1) is 13.7. The van der Waals surface area contributed by atoms with Crippen LogP contribution in [0, 0.1) is 11.6 Å². The van der Waals surface area contributed by atoms with Gasteiger partial charge in [0.15, 0.2) is 17.3 Å². The van der Waals surface area contributed by atoms with Gasteiger partial charge < -0.3 is 4.74 Å². The number of ether oxygens (including phenoxy) is 1. The van der Waals surface area contributed by atoms with Gasteiger partial charge in [0, 0.05) is 5.56 Å². The number of Topliss-reactive ketones (excluding diaryl/α,β-unsaturated/α-hetero) is 1. The van der Waals surface area contributed by atoms with Crippen molar-refractivity contribution in [2.75, 3.05) is 0 Å². The van der Waals surface area contributed by atoms with Gasteiger partial charge in [0.1, 0.15) is 11.6 Å². The predicted octanol–water partition coefficient (Wildman–Crippen LogP) is 4.72. The van der Waals surface area contributed by atoms with Gasteiger partial charge in [-0.1, -0.05) is 0 Å². The zero-order valence-electron chi connectivity index (χ0n) is 9.91. The fourth-order valence-electron chi connectivity index (χ4n) is 1.48. The Morgan fingerprint density at radius 2 is 1.79 bits per heavy atom. The fourth-order valence-corrected chi connectivity index (χ4v) is 1.91. The number of rotatable bonds is 3. The standard InChI is InChI=1S/C14H9BrF2O2/c1-8(18)9-2-4-14(12(17)6-9)19-13-5-3-10(16)7-11(13)15/h2-7H,1H3. The van der Waals surface area contributed by atoms with Crippen molar-refractivity contribution in [1.29, 1.82) is 0 Å². The van der Waals surface area contributed by atoms with Crippen LogP contribution in [0.25, 0.3) is 0 Å². The van der Waals surface area contributed by atoms with Crippen LogP contribution in [0.4, 0.5) is 8.78 Å². The molecule has 0 saturated heterocycles. The number of halogens is 3. The molecule has 0 atom stereocenters.